The third kappa shape index (κ3) is 7.64. The van der Waals surface area contributed by atoms with Gasteiger partial charge in [-0.2, -0.15) is 5.10 Å². The smallest absolute Gasteiger partial charge is 0.263 e. The Balaban J connectivity index is 1.51. The summed E-state index contributed by atoms with van der Waals surface area (Å²) in [6.07, 6.45) is 2.42. The Morgan fingerprint density at radius 3 is 2.28 bits per heavy atom. The minimum Gasteiger partial charge on any atom is -0.484 e. The van der Waals surface area contributed by atoms with E-state index in [1.165, 1.54) is 37.4 Å². The summed E-state index contributed by atoms with van der Waals surface area (Å²) < 4.78 is 43.9. The van der Waals surface area contributed by atoms with Crippen LogP contribution in [-0.4, -0.2) is 45.4 Å². The molecule has 3 aromatic carbocycles. The maximum absolute atomic E-state index is 12.9. The molecule has 9 nitrogen and oxygen atoms in total. The molecule has 2 N–H and O–H groups in total. The molecular weight excluding hydrogens is 487 g/mol. The van der Waals surface area contributed by atoms with Crippen LogP contribution in [0.1, 0.15) is 12.5 Å². The quantitative estimate of drug-likeness (QED) is 0.320. The number of benzene rings is 3. The molecule has 0 fully saturated rings. The number of anilines is 2. The van der Waals surface area contributed by atoms with Crippen LogP contribution in [-0.2, 0) is 19.6 Å². The van der Waals surface area contributed by atoms with E-state index in [4.69, 9.17) is 4.74 Å². The summed E-state index contributed by atoms with van der Waals surface area (Å²) in [7, 11) is -3.71. The number of nitrogens with one attached hydrogen (secondary N) is 2. The highest BCUT2D eigenvalue weighted by atomic mass is 32.2. The van der Waals surface area contributed by atoms with Crippen molar-refractivity contribution in [1.82, 2.24) is 5.43 Å². The summed E-state index contributed by atoms with van der Waals surface area (Å²) in [5.74, 6) is -0.967. The number of amides is 2. The van der Waals surface area contributed by atoms with E-state index in [0.717, 1.165) is 10.6 Å². The van der Waals surface area contributed by atoms with Gasteiger partial charge in [0.05, 0.1) is 18.2 Å². The van der Waals surface area contributed by atoms with E-state index in [2.05, 4.69) is 15.8 Å². The minimum absolute atomic E-state index is 0.239. The second-order valence-corrected chi connectivity index (χ2v) is 9.58. The van der Waals surface area contributed by atoms with Crippen molar-refractivity contribution in [3.8, 4) is 5.75 Å². The molecular formula is C25H25FN4O5S. The molecule has 0 spiro atoms. The molecule has 0 heterocycles. The number of hydrogen-bond acceptors (Lipinski definition) is 6. The Morgan fingerprint density at radius 1 is 1.03 bits per heavy atom. The van der Waals surface area contributed by atoms with Crippen LogP contribution < -0.4 is 19.8 Å². The lowest BCUT2D eigenvalue weighted by Gasteiger charge is -2.27. The first kappa shape index (κ1) is 26.4. The van der Waals surface area contributed by atoms with Gasteiger partial charge in [0.1, 0.15) is 17.6 Å². The molecule has 0 aromatic heterocycles. The molecule has 1 atom stereocenters. The maximum atomic E-state index is 12.9. The van der Waals surface area contributed by atoms with Crippen LogP contribution >= 0.6 is 0 Å². The zero-order valence-corrected chi connectivity index (χ0v) is 20.4. The summed E-state index contributed by atoms with van der Waals surface area (Å²) in [5.41, 5.74) is 3.81. The van der Waals surface area contributed by atoms with Crippen molar-refractivity contribution in [2.75, 3.05) is 22.5 Å². The van der Waals surface area contributed by atoms with Gasteiger partial charge in [-0.1, -0.05) is 18.2 Å². The zero-order chi connectivity index (χ0) is 26.1. The predicted molar refractivity (Wildman–Crippen MR) is 136 cm³/mol. The average molecular weight is 513 g/mol. The highest BCUT2D eigenvalue weighted by Crippen LogP contribution is 2.20. The van der Waals surface area contributed by atoms with Crippen molar-refractivity contribution < 1.29 is 27.1 Å². The number of hydrogen-bond donors (Lipinski definition) is 2. The Bertz CT molecular complexity index is 1310. The molecule has 36 heavy (non-hydrogen) atoms. The number of ether oxygens (including phenoxy) is 1. The molecule has 3 rings (SSSR count). The fourth-order valence-corrected chi connectivity index (χ4v) is 4.35. The minimum atomic E-state index is -3.71. The van der Waals surface area contributed by atoms with Crippen LogP contribution in [0.5, 0.6) is 5.75 Å². The summed E-state index contributed by atoms with van der Waals surface area (Å²) in [4.78, 5) is 24.5. The van der Waals surface area contributed by atoms with Crippen molar-refractivity contribution in [3.05, 3.63) is 90.2 Å². The third-order valence-electron chi connectivity index (χ3n) is 4.87. The van der Waals surface area contributed by atoms with Gasteiger partial charge in [0.15, 0.2) is 6.61 Å². The number of rotatable bonds is 10. The van der Waals surface area contributed by atoms with Crippen LogP contribution in [0.3, 0.4) is 0 Å². The standard InChI is InChI=1S/C25H25FN4O5S/c1-18(30(36(2,33)34)22-6-4-3-5-7-22)25(32)29-27-16-19-8-14-23(15-9-19)35-17-24(31)28-21-12-10-20(26)11-13-21/h3-16,18H,17H2,1-2H3,(H,28,31)(H,29,32)/b27-16-/t18-/m0/s1. The Kier molecular flexibility index (Phi) is 8.74. The lowest BCUT2D eigenvalue weighted by atomic mass is 10.2. The van der Waals surface area contributed by atoms with Crippen molar-refractivity contribution in [2.45, 2.75) is 13.0 Å². The Hall–Kier alpha value is -4.25. The average Bonchev–Trinajstić information content (AvgIpc) is 2.85. The molecule has 0 radical (unpaired) electrons. The first-order valence-corrected chi connectivity index (χ1v) is 12.6. The monoisotopic (exact) mass is 512 g/mol. The number of sulfonamides is 1. The van der Waals surface area contributed by atoms with E-state index in [1.807, 2.05) is 0 Å². The zero-order valence-electron chi connectivity index (χ0n) is 19.6. The highest BCUT2D eigenvalue weighted by Gasteiger charge is 2.28. The van der Waals surface area contributed by atoms with E-state index >= 15 is 0 Å². The van der Waals surface area contributed by atoms with Crippen LogP contribution in [0, 0.1) is 5.82 Å². The first-order chi connectivity index (χ1) is 17.1. The van der Waals surface area contributed by atoms with E-state index in [1.54, 1.807) is 54.6 Å². The van der Waals surface area contributed by atoms with Crippen LogP contribution in [0.4, 0.5) is 15.8 Å². The van der Waals surface area contributed by atoms with Gasteiger partial charge in [-0.15, -0.1) is 0 Å². The largest absolute Gasteiger partial charge is 0.484 e. The van der Waals surface area contributed by atoms with E-state index < -0.39 is 33.7 Å². The van der Waals surface area contributed by atoms with Gasteiger partial charge in [0.25, 0.3) is 11.8 Å². The van der Waals surface area contributed by atoms with Crippen molar-refractivity contribution in [3.63, 3.8) is 0 Å². The molecule has 0 aliphatic carbocycles. The molecule has 3 aromatic rings. The molecule has 0 aliphatic rings. The second kappa shape index (κ2) is 11.9. The van der Waals surface area contributed by atoms with Gasteiger partial charge in [-0.25, -0.2) is 18.2 Å². The van der Waals surface area contributed by atoms with Crippen LogP contribution in [0.2, 0.25) is 0 Å². The molecule has 0 bridgehead atoms. The number of halogens is 1. The normalized spacial score (nSPS) is 12.1. The van der Waals surface area contributed by atoms with E-state index in [-0.39, 0.29) is 6.61 Å². The fourth-order valence-electron chi connectivity index (χ4n) is 3.18. The van der Waals surface area contributed by atoms with Crippen molar-refractivity contribution in [2.24, 2.45) is 5.10 Å². The molecule has 188 valence electrons. The van der Waals surface area contributed by atoms with E-state index in [9.17, 15) is 22.4 Å². The molecule has 0 saturated carbocycles. The van der Waals surface area contributed by atoms with Crippen molar-refractivity contribution >= 4 is 39.4 Å². The van der Waals surface area contributed by atoms with Crippen LogP contribution in [0.25, 0.3) is 0 Å². The molecule has 0 unspecified atom stereocenters. The van der Waals surface area contributed by atoms with Gasteiger partial charge in [-0.05, 0) is 73.2 Å². The number of carbonyl (C=O) groups is 2. The van der Waals surface area contributed by atoms with Gasteiger partial charge in [0.2, 0.25) is 10.0 Å². The second-order valence-electron chi connectivity index (χ2n) is 7.72. The van der Waals surface area contributed by atoms with Crippen LogP contribution in [0.15, 0.2) is 84.0 Å². The summed E-state index contributed by atoms with van der Waals surface area (Å²) in [5, 5.41) is 6.49. The van der Waals surface area contributed by atoms with Gasteiger partial charge in [0, 0.05) is 5.69 Å². The van der Waals surface area contributed by atoms with Crippen molar-refractivity contribution in [1.29, 1.82) is 0 Å². The van der Waals surface area contributed by atoms with Gasteiger partial charge in [-0.3, -0.25) is 13.9 Å². The van der Waals surface area contributed by atoms with E-state index in [0.29, 0.717) is 22.7 Å². The lowest BCUT2D eigenvalue weighted by Crippen LogP contribution is -2.46. The first-order valence-electron chi connectivity index (χ1n) is 10.8. The molecule has 0 saturated heterocycles. The summed E-state index contributed by atoms with van der Waals surface area (Å²) >= 11 is 0. The topological polar surface area (TPSA) is 117 Å². The van der Waals surface area contributed by atoms with Gasteiger partial charge < -0.3 is 10.1 Å². The van der Waals surface area contributed by atoms with Gasteiger partial charge >= 0.3 is 0 Å². The third-order valence-corrected chi connectivity index (χ3v) is 6.11. The summed E-state index contributed by atoms with van der Waals surface area (Å²) in [6, 6.07) is 19.2. The number of para-hydroxylation sites is 1. The Labute approximate surface area is 208 Å². The SMILES string of the molecule is C[C@@H](C(=O)N/N=C\c1ccc(OCC(=O)Nc2ccc(F)cc2)cc1)N(c1ccccc1)S(C)(=O)=O. The lowest BCUT2D eigenvalue weighted by molar-refractivity contribution is -0.121. The molecule has 0 aliphatic heterocycles. The number of carbonyl (C=O) groups excluding carboxylic acids is 2. The highest BCUT2D eigenvalue weighted by molar-refractivity contribution is 7.92. The predicted octanol–water partition coefficient (Wildman–Crippen LogP) is 3.15. The number of nitrogens with zero attached hydrogens (tertiary/aromatic N) is 2. The maximum Gasteiger partial charge on any atom is 0.263 e. The fraction of sp³-hybridized carbons (Fsp3) is 0.160. The molecule has 11 heteroatoms. The molecule has 2 amide bonds. The number of hydrazone groups is 1. The Morgan fingerprint density at radius 2 is 1.67 bits per heavy atom. The summed E-state index contributed by atoms with van der Waals surface area (Å²) in [6.45, 7) is 1.23.